The Labute approximate surface area is 87.8 Å². The molecule has 0 bridgehead atoms. The summed E-state index contributed by atoms with van der Waals surface area (Å²) >= 11 is 0. The molecular formula is C11H24N2O. The Kier molecular flexibility index (Phi) is 5.45. The number of likely N-dealkylation sites (N-methyl/N-ethyl adjacent to an activating group) is 1. The van der Waals surface area contributed by atoms with Crippen molar-refractivity contribution in [2.45, 2.75) is 26.3 Å². The lowest BCUT2D eigenvalue weighted by molar-refractivity contribution is 0.174. The molecule has 1 N–H and O–H groups in total. The number of rotatable bonds is 6. The van der Waals surface area contributed by atoms with Gasteiger partial charge in [-0.2, -0.15) is 0 Å². The van der Waals surface area contributed by atoms with Crippen LogP contribution < -0.4 is 5.32 Å². The molecule has 84 valence electrons. The smallest absolute Gasteiger partial charge is 0.0507 e. The number of hydrogen-bond acceptors (Lipinski definition) is 3. The van der Waals surface area contributed by atoms with E-state index in [4.69, 9.17) is 4.74 Å². The molecule has 0 saturated carbocycles. The first kappa shape index (κ1) is 12.0. The lowest BCUT2D eigenvalue weighted by Gasteiger charge is -2.20. The first-order valence-corrected chi connectivity index (χ1v) is 5.68. The molecule has 0 aromatic rings. The van der Waals surface area contributed by atoms with Gasteiger partial charge < -0.3 is 15.0 Å². The summed E-state index contributed by atoms with van der Waals surface area (Å²) in [7, 11) is 2.19. The molecule has 0 radical (unpaired) electrons. The first-order chi connectivity index (χ1) is 6.68. The van der Waals surface area contributed by atoms with Crippen molar-refractivity contribution in [2.75, 3.05) is 39.9 Å². The van der Waals surface area contributed by atoms with Gasteiger partial charge in [0.2, 0.25) is 0 Å². The fourth-order valence-electron chi connectivity index (χ4n) is 1.80. The Balaban J connectivity index is 2.00. The van der Waals surface area contributed by atoms with Crippen LogP contribution in [0.2, 0.25) is 0 Å². The summed E-state index contributed by atoms with van der Waals surface area (Å²) < 4.78 is 5.36. The molecule has 0 amide bonds. The lowest BCUT2D eigenvalue weighted by atomic mass is 10.1. The molecule has 3 nitrogen and oxygen atoms in total. The third-order valence-electron chi connectivity index (χ3n) is 2.64. The lowest BCUT2D eigenvalue weighted by Crippen LogP contribution is -2.35. The SMILES string of the molecule is CC(C)NCCN(C)CC1CCOC1. The van der Waals surface area contributed by atoms with Crippen LogP contribution in [0.5, 0.6) is 0 Å². The second-order valence-corrected chi connectivity index (χ2v) is 4.60. The Morgan fingerprint density at radius 1 is 1.50 bits per heavy atom. The van der Waals surface area contributed by atoms with E-state index in [1.165, 1.54) is 13.0 Å². The highest BCUT2D eigenvalue weighted by Gasteiger charge is 2.16. The van der Waals surface area contributed by atoms with Gasteiger partial charge in [0.25, 0.3) is 0 Å². The van der Waals surface area contributed by atoms with Crippen LogP contribution in [0.15, 0.2) is 0 Å². The van der Waals surface area contributed by atoms with Crippen LogP contribution in [-0.4, -0.2) is 50.8 Å². The van der Waals surface area contributed by atoms with Gasteiger partial charge in [-0.1, -0.05) is 13.8 Å². The van der Waals surface area contributed by atoms with Crippen molar-refractivity contribution in [3.05, 3.63) is 0 Å². The van der Waals surface area contributed by atoms with Gasteiger partial charge in [-0.3, -0.25) is 0 Å². The molecule has 0 aliphatic carbocycles. The van der Waals surface area contributed by atoms with Gasteiger partial charge in [-0.15, -0.1) is 0 Å². The van der Waals surface area contributed by atoms with Crippen LogP contribution >= 0.6 is 0 Å². The molecule has 0 spiro atoms. The average molecular weight is 200 g/mol. The first-order valence-electron chi connectivity index (χ1n) is 5.68. The van der Waals surface area contributed by atoms with E-state index < -0.39 is 0 Å². The second-order valence-electron chi connectivity index (χ2n) is 4.60. The Morgan fingerprint density at radius 3 is 2.86 bits per heavy atom. The summed E-state index contributed by atoms with van der Waals surface area (Å²) in [5.74, 6) is 0.763. The molecule has 14 heavy (non-hydrogen) atoms. The molecule has 3 heteroatoms. The molecule has 1 saturated heterocycles. The minimum absolute atomic E-state index is 0.596. The molecule has 1 heterocycles. The topological polar surface area (TPSA) is 24.5 Å². The third-order valence-corrected chi connectivity index (χ3v) is 2.64. The quantitative estimate of drug-likeness (QED) is 0.691. The minimum atomic E-state index is 0.596. The van der Waals surface area contributed by atoms with Crippen molar-refractivity contribution in [1.29, 1.82) is 0 Å². The van der Waals surface area contributed by atoms with E-state index >= 15 is 0 Å². The van der Waals surface area contributed by atoms with Crippen molar-refractivity contribution in [2.24, 2.45) is 5.92 Å². The van der Waals surface area contributed by atoms with Gasteiger partial charge >= 0.3 is 0 Å². The summed E-state index contributed by atoms with van der Waals surface area (Å²) in [6, 6.07) is 0.596. The van der Waals surface area contributed by atoms with E-state index in [1.54, 1.807) is 0 Å². The maximum atomic E-state index is 5.36. The van der Waals surface area contributed by atoms with E-state index in [0.717, 1.165) is 32.2 Å². The van der Waals surface area contributed by atoms with Gasteiger partial charge in [-0.25, -0.2) is 0 Å². The van der Waals surface area contributed by atoms with Crippen molar-refractivity contribution in [1.82, 2.24) is 10.2 Å². The maximum absolute atomic E-state index is 5.36. The summed E-state index contributed by atoms with van der Waals surface area (Å²) in [4.78, 5) is 2.40. The van der Waals surface area contributed by atoms with Crippen LogP contribution in [0, 0.1) is 5.92 Å². The van der Waals surface area contributed by atoms with E-state index in [2.05, 4.69) is 31.1 Å². The number of nitrogens with one attached hydrogen (secondary N) is 1. The minimum Gasteiger partial charge on any atom is -0.381 e. The normalized spacial score (nSPS) is 22.5. The predicted molar refractivity (Wildman–Crippen MR) is 59.6 cm³/mol. The van der Waals surface area contributed by atoms with E-state index in [1.807, 2.05) is 0 Å². The highest BCUT2D eigenvalue weighted by atomic mass is 16.5. The van der Waals surface area contributed by atoms with Crippen molar-refractivity contribution >= 4 is 0 Å². The van der Waals surface area contributed by atoms with Crippen LogP contribution in [0.1, 0.15) is 20.3 Å². The van der Waals surface area contributed by atoms with E-state index in [-0.39, 0.29) is 0 Å². The zero-order valence-corrected chi connectivity index (χ0v) is 9.75. The third kappa shape index (κ3) is 4.94. The zero-order chi connectivity index (χ0) is 10.4. The van der Waals surface area contributed by atoms with Crippen LogP contribution in [0.3, 0.4) is 0 Å². The second kappa shape index (κ2) is 6.38. The molecule has 1 aliphatic rings. The molecule has 1 unspecified atom stereocenters. The summed E-state index contributed by atoms with van der Waals surface area (Å²) in [6.07, 6.45) is 1.24. The van der Waals surface area contributed by atoms with Gasteiger partial charge in [0.05, 0.1) is 6.61 Å². The van der Waals surface area contributed by atoms with Crippen molar-refractivity contribution in [3.63, 3.8) is 0 Å². The van der Waals surface area contributed by atoms with Gasteiger partial charge in [-0.05, 0) is 19.4 Å². The average Bonchev–Trinajstić information content (AvgIpc) is 2.56. The van der Waals surface area contributed by atoms with Gasteiger partial charge in [0.1, 0.15) is 0 Å². The monoisotopic (exact) mass is 200 g/mol. The summed E-state index contributed by atoms with van der Waals surface area (Å²) in [5.41, 5.74) is 0. The molecule has 1 atom stereocenters. The Bertz CT molecular complexity index is 144. The Morgan fingerprint density at radius 2 is 2.29 bits per heavy atom. The zero-order valence-electron chi connectivity index (χ0n) is 9.75. The van der Waals surface area contributed by atoms with E-state index in [9.17, 15) is 0 Å². The number of nitrogens with zero attached hydrogens (tertiary/aromatic N) is 1. The largest absolute Gasteiger partial charge is 0.381 e. The van der Waals surface area contributed by atoms with Crippen molar-refractivity contribution in [3.8, 4) is 0 Å². The van der Waals surface area contributed by atoms with Gasteiger partial charge in [0.15, 0.2) is 0 Å². The van der Waals surface area contributed by atoms with Gasteiger partial charge in [0, 0.05) is 32.3 Å². The van der Waals surface area contributed by atoms with E-state index in [0.29, 0.717) is 6.04 Å². The summed E-state index contributed by atoms with van der Waals surface area (Å²) in [5, 5.41) is 3.43. The van der Waals surface area contributed by atoms with Crippen LogP contribution in [0.4, 0.5) is 0 Å². The molecule has 1 rings (SSSR count). The van der Waals surface area contributed by atoms with Crippen LogP contribution in [0.25, 0.3) is 0 Å². The number of ether oxygens (including phenoxy) is 1. The molecule has 1 fully saturated rings. The molecule has 0 aromatic carbocycles. The highest BCUT2D eigenvalue weighted by Crippen LogP contribution is 2.12. The highest BCUT2D eigenvalue weighted by molar-refractivity contribution is 4.68. The fourth-order valence-corrected chi connectivity index (χ4v) is 1.80. The standard InChI is InChI=1S/C11H24N2O/c1-10(2)12-5-6-13(3)8-11-4-7-14-9-11/h10-12H,4-9H2,1-3H3. The van der Waals surface area contributed by atoms with Crippen molar-refractivity contribution < 1.29 is 4.74 Å². The molecule has 1 aliphatic heterocycles. The molecular weight excluding hydrogens is 176 g/mol. The van der Waals surface area contributed by atoms with Crippen LogP contribution in [-0.2, 0) is 4.74 Å². The number of hydrogen-bond donors (Lipinski definition) is 1. The predicted octanol–water partition coefficient (Wildman–Crippen LogP) is 0.953. The molecule has 0 aromatic heterocycles. The maximum Gasteiger partial charge on any atom is 0.0507 e. The summed E-state index contributed by atoms with van der Waals surface area (Å²) in [6.45, 7) is 9.69. The Hall–Kier alpha value is -0.120. The fraction of sp³-hybridized carbons (Fsp3) is 1.00.